The van der Waals surface area contributed by atoms with Crippen molar-refractivity contribution >= 4 is 6.29 Å². The predicted octanol–water partition coefficient (Wildman–Crippen LogP) is 1.64. The molecule has 0 unspecified atom stereocenters. The van der Waals surface area contributed by atoms with Crippen molar-refractivity contribution in [3.63, 3.8) is 0 Å². The third-order valence-electron chi connectivity index (χ3n) is 2.92. The van der Waals surface area contributed by atoms with E-state index in [-0.39, 0.29) is 6.10 Å². The molecule has 0 aromatic heterocycles. The Hall–Kier alpha value is -1.55. The summed E-state index contributed by atoms with van der Waals surface area (Å²) in [6.07, 6.45) is 3.03. The van der Waals surface area contributed by atoms with Crippen molar-refractivity contribution in [2.45, 2.75) is 18.9 Å². The van der Waals surface area contributed by atoms with Gasteiger partial charge in [-0.2, -0.15) is 0 Å². The first-order chi connectivity index (χ1) is 8.33. The van der Waals surface area contributed by atoms with E-state index in [1.165, 1.54) is 0 Å². The normalized spacial score (nSPS) is 16.5. The largest absolute Gasteiger partial charge is 0.496 e. The predicted molar refractivity (Wildman–Crippen MR) is 64.9 cm³/mol. The first kappa shape index (κ1) is 11.9. The van der Waals surface area contributed by atoms with E-state index in [2.05, 4.69) is 5.32 Å². The SMILES string of the molecule is COc1ccc(OC2CCNCC2)cc1C=O. The highest BCUT2D eigenvalue weighted by molar-refractivity contribution is 5.80. The van der Waals surface area contributed by atoms with Crippen molar-refractivity contribution in [2.24, 2.45) is 0 Å². The first-order valence-corrected chi connectivity index (χ1v) is 5.84. The number of nitrogens with one attached hydrogen (secondary N) is 1. The maximum atomic E-state index is 10.9. The minimum Gasteiger partial charge on any atom is -0.496 e. The molecule has 0 radical (unpaired) electrons. The van der Waals surface area contributed by atoms with E-state index in [1.54, 1.807) is 19.2 Å². The van der Waals surface area contributed by atoms with Crippen LogP contribution < -0.4 is 14.8 Å². The Labute approximate surface area is 101 Å². The van der Waals surface area contributed by atoms with E-state index >= 15 is 0 Å². The zero-order valence-corrected chi connectivity index (χ0v) is 9.94. The van der Waals surface area contributed by atoms with Gasteiger partial charge in [0, 0.05) is 0 Å². The van der Waals surface area contributed by atoms with Crippen LogP contribution in [-0.4, -0.2) is 32.6 Å². The average molecular weight is 235 g/mol. The summed E-state index contributed by atoms with van der Waals surface area (Å²) in [5, 5.41) is 3.29. The van der Waals surface area contributed by atoms with E-state index in [1.807, 2.05) is 6.07 Å². The second-order valence-corrected chi connectivity index (χ2v) is 4.09. The molecule has 4 heteroatoms. The minimum absolute atomic E-state index is 0.240. The van der Waals surface area contributed by atoms with Crippen LogP contribution in [0.3, 0.4) is 0 Å². The standard InChI is InChI=1S/C13H17NO3/c1-16-13-3-2-12(8-10(13)9-15)17-11-4-6-14-7-5-11/h2-3,8-9,11,14H,4-7H2,1H3. The van der Waals surface area contributed by atoms with Gasteiger partial charge in [-0.25, -0.2) is 0 Å². The Kier molecular flexibility index (Phi) is 3.98. The van der Waals surface area contributed by atoms with Crippen LogP contribution >= 0.6 is 0 Å². The van der Waals surface area contributed by atoms with Gasteiger partial charge in [0.1, 0.15) is 17.6 Å². The highest BCUT2D eigenvalue weighted by atomic mass is 16.5. The fourth-order valence-electron chi connectivity index (χ4n) is 1.98. The number of carbonyl (C=O) groups is 1. The van der Waals surface area contributed by atoms with Gasteiger partial charge in [-0.05, 0) is 44.1 Å². The van der Waals surface area contributed by atoms with Crippen LogP contribution in [0.15, 0.2) is 18.2 Å². The minimum atomic E-state index is 0.240. The zero-order valence-electron chi connectivity index (χ0n) is 9.94. The summed E-state index contributed by atoms with van der Waals surface area (Å²) in [7, 11) is 1.55. The average Bonchev–Trinajstić information content (AvgIpc) is 2.40. The highest BCUT2D eigenvalue weighted by Crippen LogP contribution is 2.24. The number of methoxy groups -OCH3 is 1. The summed E-state index contributed by atoms with van der Waals surface area (Å²) in [4.78, 5) is 10.9. The quantitative estimate of drug-likeness (QED) is 0.806. The van der Waals surface area contributed by atoms with E-state index < -0.39 is 0 Å². The zero-order chi connectivity index (χ0) is 12.1. The molecule has 2 rings (SSSR count). The van der Waals surface area contributed by atoms with Crippen molar-refractivity contribution in [1.82, 2.24) is 5.32 Å². The van der Waals surface area contributed by atoms with Crippen molar-refractivity contribution in [3.05, 3.63) is 23.8 Å². The molecular formula is C13H17NO3. The summed E-state index contributed by atoms with van der Waals surface area (Å²) in [5.41, 5.74) is 0.527. The fraction of sp³-hybridized carbons (Fsp3) is 0.462. The van der Waals surface area contributed by atoms with Gasteiger partial charge in [0.15, 0.2) is 6.29 Å². The molecule has 0 spiro atoms. The van der Waals surface area contributed by atoms with Gasteiger partial charge >= 0.3 is 0 Å². The van der Waals surface area contributed by atoms with Gasteiger partial charge in [0.25, 0.3) is 0 Å². The van der Waals surface area contributed by atoms with Gasteiger partial charge < -0.3 is 14.8 Å². The van der Waals surface area contributed by atoms with Gasteiger partial charge in [-0.1, -0.05) is 0 Å². The second-order valence-electron chi connectivity index (χ2n) is 4.09. The Morgan fingerprint density at radius 1 is 1.35 bits per heavy atom. The summed E-state index contributed by atoms with van der Waals surface area (Å²) in [6, 6.07) is 5.34. The lowest BCUT2D eigenvalue weighted by Crippen LogP contribution is -2.34. The van der Waals surface area contributed by atoms with Gasteiger partial charge in [0.2, 0.25) is 0 Å². The third-order valence-corrected chi connectivity index (χ3v) is 2.92. The Morgan fingerprint density at radius 2 is 2.12 bits per heavy atom. The number of aldehydes is 1. The van der Waals surface area contributed by atoms with Crippen LogP contribution in [0.4, 0.5) is 0 Å². The van der Waals surface area contributed by atoms with Crippen LogP contribution in [0, 0.1) is 0 Å². The van der Waals surface area contributed by atoms with Crippen LogP contribution in [0.2, 0.25) is 0 Å². The fourth-order valence-corrected chi connectivity index (χ4v) is 1.98. The molecule has 1 aromatic rings. The van der Waals surface area contributed by atoms with Gasteiger partial charge in [-0.15, -0.1) is 0 Å². The van der Waals surface area contributed by atoms with Crippen LogP contribution in [0.5, 0.6) is 11.5 Å². The molecule has 92 valence electrons. The molecule has 1 fully saturated rings. The number of benzene rings is 1. The molecule has 0 atom stereocenters. The molecule has 0 bridgehead atoms. The molecule has 1 heterocycles. The van der Waals surface area contributed by atoms with Crippen LogP contribution in [-0.2, 0) is 0 Å². The van der Waals surface area contributed by atoms with E-state index in [0.29, 0.717) is 11.3 Å². The van der Waals surface area contributed by atoms with Gasteiger partial charge in [-0.3, -0.25) is 4.79 Å². The highest BCUT2D eigenvalue weighted by Gasteiger charge is 2.15. The molecule has 1 aliphatic heterocycles. The summed E-state index contributed by atoms with van der Waals surface area (Å²) < 4.78 is 10.9. The molecule has 0 amide bonds. The lowest BCUT2D eigenvalue weighted by atomic mass is 10.1. The monoisotopic (exact) mass is 235 g/mol. The van der Waals surface area contributed by atoms with Crippen LogP contribution in [0.1, 0.15) is 23.2 Å². The number of carbonyl (C=O) groups excluding carboxylic acids is 1. The lowest BCUT2D eigenvalue weighted by molar-refractivity contribution is 0.111. The summed E-state index contributed by atoms with van der Waals surface area (Å²) >= 11 is 0. The molecule has 1 aliphatic rings. The maximum Gasteiger partial charge on any atom is 0.153 e. The van der Waals surface area contributed by atoms with Crippen molar-refractivity contribution in [3.8, 4) is 11.5 Å². The summed E-state index contributed by atoms with van der Waals surface area (Å²) in [5.74, 6) is 1.32. The lowest BCUT2D eigenvalue weighted by Gasteiger charge is -2.24. The number of hydrogen-bond donors (Lipinski definition) is 1. The second kappa shape index (κ2) is 5.68. The Morgan fingerprint density at radius 3 is 2.76 bits per heavy atom. The topological polar surface area (TPSA) is 47.6 Å². The van der Waals surface area contributed by atoms with E-state index in [0.717, 1.165) is 38.0 Å². The summed E-state index contributed by atoms with van der Waals surface area (Å²) in [6.45, 7) is 1.97. The molecule has 17 heavy (non-hydrogen) atoms. The van der Waals surface area contributed by atoms with E-state index in [4.69, 9.17) is 9.47 Å². The Balaban J connectivity index is 2.07. The molecular weight excluding hydrogens is 218 g/mol. The van der Waals surface area contributed by atoms with Crippen molar-refractivity contribution in [2.75, 3.05) is 20.2 Å². The van der Waals surface area contributed by atoms with Crippen LogP contribution in [0.25, 0.3) is 0 Å². The van der Waals surface area contributed by atoms with E-state index in [9.17, 15) is 4.79 Å². The first-order valence-electron chi connectivity index (χ1n) is 5.84. The Bertz CT molecular complexity index is 386. The molecule has 0 saturated carbocycles. The number of hydrogen-bond acceptors (Lipinski definition) is 4. The molecule has 1 aromatic carbocycles. The third kappa shape index (κ3) is 2.97. The number of ether oxygens (including phenoxy) is 2. The number of rotatable bonds is 4. The molecule has 4 nitrogen and oxygen atoms in total. The van der Waals surface area contributed by atoms with Crippen molar-refractivity contribution in [1.29, 1.82) is 0 Å². The number of piperidine rings is 1. The maximum absolute atomic E-state index is 10.9. The molecule has 0 aliphatic carbocycles. The molecule has 1 N–H and O–H groups in total. The van der Waals surface area contributed by atoms with Gasteiger partial charge in [0.05, 0.1) is 12.7 Å². The smallest absolute Gasteiger partial charge is 0.153 e. The molecule has 1 saturated heterocycles. The van der Waals surface area contributed by atoms with Crippen molar-refractivity contribution < 1.29 is 14.3 Å².